The predicted octanol–water partition coefficient (Wildman–Crippen LogP) is 22.2. The van der Waals surface area contributed by atoms with Crippen molar-refractivity contribution in [1.82, 2.24) is 77.5 Å². The van der Waals surface area contributed by atoms with Crippen LogP contribution in [0, 0.1) is 0 Å². The van der Waals surface area contributed by atoms with Crippen molar-refractivity contribution in [1.29, 1.82) is 0 Å². The number of aromatic nitrogens is 3. The minimum absolute atomic E-state index is 0.307. The number of benzene rings is 2. The van der Waals surface area contributed by atoms with Crippen LogP contribution in [0.3, 0.4) is 0 Å². The van der Waals surface area contributed by atoms with Gasteiger partial charge in [-0.05, 0) is 254 Å². The molecular formula is C116H205N21S3. The molecule has 6 aromatic rings. The molecule has 24 heteroatoms. The van der Waals surface area contributed by atoms with Gasteiger partial charge in [0, 0.05) is 246 Å². The third-order valence-corrected chi connectivity index (χ3v) is 32.9. The van der Waals surface area contributed by atoms with Crippen molar-refractivity contribution in [3.05, 3.63) is 126 Å². The molecule has 3 saturated carbocycles. The Bertz CT molecular complexity index is 3660. The molecule has 21 nitrogen and oxygen atoms in total. The average Bonchev–Trinajstić information content (AvgIpc) is 1.38. The Hall–Kier alpha value is -5.13. The van der Waals surface area contributed by atoms with Crippen LogP contribution in [0.1, 0.15) is 331 Å². The molecule has 140 heavy (non-hydrogen) atoms. The summed E-state index contributed by atoms with van der Waals surface area (Å²) in [4.78, 5) is 36.0. The van der Waals surface area contributed by atoms with Gasteiger partial charge in [-0.3, -0.25) is 0 Å². The molecule has 18 rings (SSSR count). The van der Waals surface area contributed by atoms with Crippen molar-refractivity contribution in [2.24, 2.45) is 0 Å². The minimum atomic E-state index is 0.307. The number of rotatable bonds is 27. The maximum absolute atomic E-state index is 4.39. The second-order valence-electron chi connectivity index (χ2n) is 45.8. The van der Waals surface area contributed by atoms with E-state index in [9.17, 15) is 0 Å². The van der Waals surface area contributed by atoms with E-state index >= 15 is 0 Å². The first-order chi connectivity index (χ1) is 67.6. The van der Waals surface area contributed by atoms with Gasteiger partial charge >= 0.3 is 0 Å². The fourth-order valence-electron chi connectivity index (χ4n) is 23.1. The topological polar surface area (TPSA) is 176 Å². The number of piperidine rings is 9. The molecule has 3 aliphatic carbocycles. The van der Waals surface area contributed by atoms with Crippen LogP contribution in [0.5, 0.6) is 0 Å². The summed E-state index contributed by atoms with van der Waals surface area (Å²) in [5, 5.41) is 42.8. The van der Waals surface area contributed by atoms with Gasteiger partial charge in [0.25, 0.3) is 0 Å². The van der Waals surface area contributed by atoms with E-state index in [4.69, 9.17) is 0 Å². The number of para-hydroxylation sites is 2. The highest BCUT2D eigenvalue weighted by Crippen LogP contribution is 2.34. The summed E-state index contributed by atoms with van der Waals surface area (Å²) >= 11 is 5.33. The summed E-state index contributed by atoms with van der Waals surface area (Å²) in [5.74, 6) is 1.12. The van der Waals surface area contributed by atoms with E-state index in [2.05, 4.69) is 334 Å². The number of pyridine rings is 1. The van der Waals surface area contributed by atoms with Gasteiger partial charge in [-0.15, -0.1) is 34.0 Å². The lowest BCUT2D eigenvalue weighted by Crippen LogP contribution is -2.53. The van der Waals surface area contributed by atoms with Gasteiger partial charge in [-0.25, -0.2) is 15.0 Å². The van der Waals surface area contributed by atoms with E-state index in [0.29, 0.717) is 84.1 Å². The molecule has 12 fully saturated rings. The van der Waals surface area contributed by atoms with E-state index in [-0.39, 0.29) is 0 Å². The van der Waals surface area contributed by atoms with Gasteiger partial charge in [-0.1, -0.05) is 212 Å². The summed E-state index contributed by atoms with van der Waals surface area (Å²) in [7, 11) is 0. The Kier molecular flexibility index (Phi) is 54.1. The fourth-order valence-corrected chi connectivity index (χ4v) is 25.3. The van der Waals surface area contributed by atoms with Gasteiger partial charge in [0.05, 0.1) is 5.00 Å². The maximum atomic E-state index is 4.39. The highest BCUT2D eigenvalue weighted by Gasteiger charge is 2.35. The number of likely N-dealkylation sites (tertiary alicyclic amines) is 3. The fraction of sp³-hybridized carbons (Fsp3) is 0.767. The highest BCUT2D eigenvalue weighted by atomic mass is 32.1. The van der Waals surface area contributed by atoms with Crippen molar-refractivity contribution in [2.45, 2.75) is 457 Å². The number of nitrogens with one attached hydrogen (secondary N) is 9. The van der Waals surface area contributed by atoms with E-state index in [1.54, 1.807) is 22.7 Å². The molecule has 0 bridgehead atoms. The first-order valence-electron chi connectivity index (χ1n) is 57.0. The number of hydrogen-bond acceptors (Lipinski definition) is 24. The van der Waals surface area contributed by atoms with Crippen LogP contribution in [0.15, 0.2) is 126 Å². The number of anilines is 6. The zero-order chi connectivity index (χ0) is 99.8. The normalized spacial score (nSPS) is 21.3. The zero-order valence-electron chi connectivity index (χ0n) is 91.9. The molecule has 2 aromatic carbocycles. The Morgan fingerprint density at radius 2 is 0.536 bits per heavy atom. The van der Waals surface area contributed by atoms with Gasteiger partial charge in [0.1, 0.15) is 5.82 Å². The molecule has 0 unspecified atom stereocenters. The lowest BCUT2D eigenvalue weighted by atomic mass is 9.89. The quantitative estimate of drug-likeness (QED) is 0.0238. The lowest BCUT2D eigenvalue weighted by molar-refractivity contribution is 0.0910. The van der Waals surface area contributed by atoms with E-state index < -0.39 is 0 Å². The average molecular weight is 1990 g/mol. The summed E-state index contributed by atoms with van der Waals surface area (Å²) in [6.07, 6.45) is 47.7. The van der Waals surface area contributed by atoms with Crippen LogP contribution in [-0.2, 0) is 0 Å². The number of thiophene rings is 1. The van der Waals surface area contributed by atoms with Gasteiger partial charge in [0.2, 0.25) is 0 Å². The van der Waals surface area contributed by atoms with Crippen molar-refractivity contribution in [3.63, 3.8) is 0 Å². The molecule has 0 amide bonds. The Morgan fingerprint density at radius 1 is 0.250 bits per heavy atom. The summed E-state index contributed by atoms with van der Waals surface area (Å²) in [6.45, 7) is 64.3. The summed E-state index contributed by atoms with van der Waals surface area (Å²) in [6, 6.07) is 46.1. The molecule has 0 spiro atoms. The smallest absolute Gasteiger partial charge is 0.185 e. The van der Waals surface area contributed by atoms with Crippen LogP contribution < -0.4 is 77.3 Å². The van der Waals surface area contributed by atoms with Crippen LogP contribution in [0.2, 0.25) is 0 Å². The second-order valence-corrected chi connectivity index (χ2v) is 48.4. The summed E-state index contributed by atoms with van der Waals surface area (Å²) in [5.41, 5.74) is 3.04. The van der Waals surface area contributed by atoms with E-state index in [1.807, 2.05) is 41.4 Å². The van der Waals surface area contributed by atoms with Crippen molar-refractivity contribution in [2.75, 3.05) is 147 Å². The molecule has 792 valence electrons. The minimum Gasteiger partial charge on any atom is -0.371 e. The second kappa shape index (κ2) is 64.9. The van der Waals surface area contributed by atoms with E-state index in [1.165, 1.54) is 304 Å². The highest BCUT2D eigenvalue weighted by molar-refractivity contribution is 7.14. The van der Waals surface area contributed by atoms with Gasteiger partial charge in [0.15, 0.2) is 10.3 Å². The lowest BCUT2D eigenvalue weighted by Gasteiger charge is -2.42. The maximum Gasteiger partial charge on any atom is 0.185 e. The third-order valence-electron chi connectivity index (χ3n) is 30.3. The first kappa shape index (κ1) is 117. The Labute approximate surface area is 868 Å². The number of nitrogens with zero attached hydrogens (tertiary/aromatic N) is 12. The predicted molar refractivity (Wildman–Crippen MR) is 611 cm³/mol. The SMILES string of the molecule is CC(C)NC1(C)CCN(c2nccs2)CC1.CC(C)NC1CCN(C2CCC2)CC1.CC(C)NC1CCN(C2CCCCC2)CC1.CC(C)NC1CCN(C2CCCCC2)CC1.CC(C)NC1CCN(c2ccccc2)CC1.CC(C)NC1CCN(c2ccccc2)CC1.CC(C)NC1CCN(c2ccccn2)CC1.CC(C)NC1CCN(c2cccs2)CC1.CC(C)NC1CCN(c2nccs2)CC1. The Balaban J connectivity index is 0.000000162. The Morgan fingerprint density at radius 3 is 0.800 bits per heavy atom. The molecule has 12 aliphatic rings. The standard InChI is InChI=1S/2C14H28N2.2C14H22N2.C13H21N3.C12H21N3S.C12H20N2S.C12H24N2.C11H19N3S/c4*1-12(2)15-13-8-10-16(11-9-13)14-6-4-3-5-7-14;1-11(2)15-12-6-9-16(10-7-12)13-5-3-4-8-14-13;1-10(2)14-12(3)4-7-15(8-5-12)11-13-6-9-16-11;1-10(2)13-11-5-7-14(8-6-11)12-4-3-9-15-12;1-10(2)13-11-6-8-14(9-7-11)12-4-3-5-12;1-9(2)13-10-3-6-14(7-4-10)11-12-5-8-15-11/h2*12-15H,3-11H2,1-2H3;2*3-7,12-13,15H,8-11H2,1-2H3;3-5,8,11-12,15H,6-7,9-10H2,1-2H3;6,9-10,14H,4-5,7-8H2,1-3H3;3-4,9-11,13H,5-8H2,1-2H3;10-13H,3-9H2,1-2H3;5,8-10,13H,3-4,6-7H2,1-2H3. The van der Waals surface area contributed by atoms with Crippen molar-refractivity contribution >= 4 is 66.5 Å². The first-order valence-corrected chi connectivity index (χ1v) is 59.7. The summed E-state index contributed by atoms with van der Waals surface area (Å²) < 4.78 is 0. The monoisotopic (exact) mass is 1990 g/mol. The van der Waals surface area contributed by atoms with E-state index in [0.717, 1.165) is 87.4 Å². The zero-order valence-corrected chi connectivity index (χ0v) is 94.4. The molecule has 13 heterocycles. The van der Waals surface area contributed by atoms with Crippen LogP contribution >= 0.6 is 34.0 Å². The molecule has 0 atom stereocenters. The molecule has 9 aliphatic heterocycles. The van der Waals surface area contributed by atoms with Crippen LogP contribution in [0.4, 0.5) is 32.5 Å². The van der Waals surface area contributed by atoms with Crippen LogP contribution in [0.25, 0.3) is 0 Å². The third kappa shape index (κ3) is 44.9. The van der Waals surface area contributed by atoms with Crippen LogP contribution in [-0.4, -0.2) is 274 Å². The molecule has 9 N–H and O–H groups in total. The van der Waals surface area contributed by atoms with Gasteiger partial charge < -0.3 is 92.0 Å². The van der Waals surface area contributed by atoms with Crippen molar-refractivity contribution in [3.8, 4) is 0 Å². The van der Waals surface area contributed by atoms with Gasteiger partial charge in [-0.2, -0.15) is 0 Å². The molecular weight excluding hydrogens is 1780 g/mol. The molecule has 9 saturated heterocycles. The molecule has 0 radical (unpaired) electrons. The number of hydrogen-bond donors (Lipinski definition) is 9. The number of thiazole rings is 2. The molecule has 4 aromatic heterocycles. The largest absolute Gasteiger partial charge is 0.371 e. The van der Waals surface area contributed by atoms with Crippen molar-refractivity contribution < 1.29 is 0 Å².